The first-order valence-electron chi connectivity index (χ1n) is 6.50. The van der Waals surface area contributed by atoms with Crippen molar-refractivity contribution in [2.24, 2.45) is 5.92 Å². The minimum atomic E-state index is -0.267. The molecule has 5 heteroatoms. The maximum atomic E-state index is 12.2. The zero-order chi connectivity index (χ0) is 13.8. The molecule has 0 aliphatic carbocycles. The lowest BCUT2D eigenvalue weighted by Crippen LogP contribution is -2.50. The van der Waals surface area contributed by atoms with E-state index in [1.54, 1.807) is 12.1 Å². The first kappa shape index (κ1) is 13.7. The van der Waals surface area contributed by atoms with Crippen LogP contribution in [0.3, 0.4) is 0 Å². The summed E-state index contributed by atoms with van der Waals surface area (Å²) >= 11 is 0. The molecule has 0 radical (unpaired) electrons. The Balaban J connectivity index is 2.10. The average Bonchev–Trinajstić information content (AvgIpc) is 2.42. The fourth-order valence-electron chi connectivity index (χ4n) is 2.25. The third-order valence-electron chi connectivity index (χ3n) is 3.59. The molecule has 1 fully saturated rings. The van der Waals surface area contributed by atoms with Crippen molar-refractivity contribution in [2.75, 3.05) is 20.2 Å². The van der Waals surface area contributed by atoms with Crippen molar-refractivity contribution in [1.29, 1.82) is 0 Å². The van der Waals surface area contributed by atoms with Crippen LogP contribution >= 0.6 is 0 Å². The van der Waals surface area contributed by atoms with Gasteiger partial charge in [0, 0.05) is 12.6 Å². The Morgan fingerprint density at radius 3 is 3.00 bits per heavy atom. The molecule has 1 aromatic rings. The molecule has 2 rings (SSSR count). The molecule has 104 valence electrons. The van der Waals surface area contributed by atoms with Crippen molar-refractivity contribution in [3.8, 4) is 11.5 Å². The third kappa shape index (κ3) is 3.17. The number of benzene rings is 1. The van der Waals surface area contributed by atoms with Gasteiger partial charge in [-0.3, -0.25) is 4.79 Å². The number of methoxy groups -OCH3 is 1. The lowest BCUT2D eigenvalue weighted by Gasteiger charge is -2.30. The number of amides is 1. The predicted octanol–water partition coefficient (Wildman–Crippen LogP) is 1.13. The molecule has 0 bridgehead atoms. The maximum Gasteiger partial charge on any atom is 0.255 e. The minimum Gasteiger partial charge on any atom is -0.507 e. The zero-order valence-electron chi connectivity index (χ0n) is 11.3. The van der Waals surface area contributed by atoms with Gasteiger partial charge in [0.25, 0.3) is 5.91 Å². The molecule has 1 aliphatic heterocycles. The van der Waals surface area contributed by atoms with E-state index in [1.807, 2.05) is 0 Å². The zero-order valence-corrected chi connectivity index (χ0v) is 11.3. The van der Waals surface area contributed by atoms with Crippen LogP contribution in [0.25, 0.3) is 0 Å². The van der Waals surface area contributed by atoms with Crippen LogP contribution in [0.4, 0.5) is 0 Å². The Kier molecular flexibility index (Phi) is 4.27. The highest BCUT2D eigenvalue weighted by Gasteiger charge is 2.24. The van der Waals surface area contributed by atoms with Crippen LogP contribution in [-0.2, 0) is 0 Å². The normalized spacial score (nSPS) is 22.8. The highest BCUT2D eigenvalue weighted by molar-refractivity contribution is 5.97. The second-order valence-electron chi connectivity index (χ2n) is 4.93. The number of phenolic OH excluding ortho intramolecular Hbond substituents is 1. The molecule has 2 unspecified atom stereocenters. The van der Waals surface area contributed by atoms with E-state index in [-0.39, 0.29) is 23.3 Å². The monoisotopic (exact) mass is 264 g/mol. The number of ether oxygens (including phenoxy) is 1. The Labute approximate surface area is 113 Å². The highest BCUT2D eigenvalue weighted by Crippen LogP contribution is 2.23. The van der Waals surface area contributed by atoms with Crippen molar-refractivity contribution >= 4 is 5.91 Å². The Bertz CT molecular complexity index is 462. The number of aromatic hydroxyl groups is 1. The van der Waals surface area contributed by atoms with Gasteiger partial charge < -0.3 is 20.5 Å². The van der Waals surface area contributed by atoms with Gasteiger partial charge in [-0.05, 0) is 37.1 Å². The van der Waals surface area contributed by atoms with Crippen molar-refractivity contribution < 1.29 is 14.6 Å². The van der Waals surface area contributed by atoms with E-state index < -0.39 is 0 Å². The van der Waals surface area contributed by atoms with Crippen molar-refractivity contribution in [2.45, 2.75) is 19.4 Å². The van der Waals surface area contributed by atoms with Crippen molar-refractivity contribution in [3.63, 3.8) is 0 Å². The van der Waals surface area contributed by atoms with E-state index in [9.17, 15) is 9.90 Å². The molecule has 0 aromatic heterocycles. The summed E-state index contributed by atoms with van der Waals surface area (Å²) in [6.07, 6.45) is 1.04. The second-order valence-corrected chi connectivity index (χ2v) is 4.93. The number of nitrogens with one attached hydrogen (secondary N) is 2. The van der Waals surface area contributed by atoms with Crippen LogP contribution in [0.1, 0.15) is 23.7 Å². The molecular weight excluding hydrogens is 244 g/mol. The highest BCUT2D eigenvalue weighted by atomic mass is 16.5. The lowest BCUT2D eigenvalue weighted by molar-refractivity contribution is 0.0912. The van der Waals surface area contributed by atoms with Gasteiger partial charge in [0.1, 0.15) is 11.5 Å². The quantitative estimate of drug-likeness (QED) is 0.765. The molecule has 1 heterocycles. The summed E-state index contributed by atoms with van der Waals surface area (Å²) in [7, 11) is 1.53. The number of piperidine rings is 1. The number of phenols is 1. The second kappa shape index (κ2) is 5.93. The van der Waals surface area contributed by atoms with Gasteiger partial charge in [-0.25, -0.2) is 0 Å². The minimum absolute atomic E-state index is 0.0327. The summed E-state index contributed by atoms with van der Waals surface area (Å²) in [5.74, 6) is 0.683. The molecular formula is C14H20N2O3. The Hall–Kier alpha value is -1.75. The number of carbonyl (C=O) groups excluding carboxylic acids is 1. The fourth-order valence-corrected chi connectivity index (χ4v) is 2.25. The fraction of sp³-hybridized carbons (Fsp3) is 0.500. The Morgan fingerprint density at radius 2 is 2.32 bits per heavy atom. The van der Waals surface area contributed by atoms with E-state index in [1.165, 1.54) is 13.2 Å². The van der Waals surface area contributed by atoms with E-state index in [2.05, 4.69) is 17.6 Å². The van der Waals surface area contributed by atoms with Gasteiger partial charge in [0.2, 0.25) is 0 Å². The first-order valence-corrected chi connectivity index (χ1v) is 6.50. The van der Waals surface area contributed by atoms with Crippen LogP contribution < -0.4 is 15.4 Å². The molecule has 1 saturated heterocycles. The lowest BCUT2D eigenvalue weighted by atomic mass is 9.94. The molecule has 0 spiro atoms. The number of hydrogen-bond donors (Lipinski definition) is 3. The third-order valence-corrected chi connectivity index (χ3v) is 3.59. The van der Waals surface area contributed by atoms with Crippen LogP contribution in [0.15, 0.2) is 18.2 Å². The molecule has 3 N–H and O–H groups in total. The van der Waals surface area contributed by atoms with Gasteiger partial charge in [-0.15, -0.1) is 0 Å². The summed E-state index contributed by atoms with van der Waals surface area (Å²) < 4.78 is 5.07. The molecule has 1 aromatic carbocycles. The SMILES string of the molecule is COc1ccc(O)c(C(=O)NC2CNCCC2C)c1. The molecule has 19 heavy (non-hydrogen) atoms. The smallest absolute Gasteiger partial charge is 0.255 e. The topological polar surface area (TPSA) is 70.6 Å². The number of hydrogen-bond acceptors (Lipinski definition) is 4. The maximum absolute atomic E-state index is 12.2. The van der Waals surface area contributed by atoms with E-state index in [4.69, 9.17) is 4.74 Å². The standard InChI is InChI=1S/C14H20N2O3/c1-9-5-6-15-8-12(9)16-14(18)11-7-10(19-2)3-4-13(11)17/h3-4,7,9,12,15,17H,5-6,8H2,1-2H3,(H,16,18). The van der Waals surface area contributed by atoms with Crippen LogP contribution in [0.2, 0.25) is 0 Å². The summed E-state index contributed by atoms with van der Waals surface area (Å²) in [5.41, 5.74) is 0.247. The van der Waals surface area contributed by atoms with Crippen molar-refractivity contribution in [3.05, 3.63) is 23.8 Å². The average molecular weight is 264 g/mol. The molecule has 1 amide bonds. The number of rotatable bonds is 3. The largest absolute Gasteiger partial charge is 0.507 e. The number of carbonyl (C=O) groups is 1. The summed E-state index contributed by atoms with van der Waals surface area (Å²) in [6.45, 7) is 3.87. The predicted molar refractivity (Wildman–Crippen MR) is 72.6 cm³/mol. The van der Waals surface area contributed by atoms with E-state index in [0.717, 1.165) is 19.5 Å². The van der Waals surface area contributed by atoms with E-state index >= 15 is 0 Å². The van der Waals surface area contributed by atoms with Crippen LogP contribution in [-0.4, -0.2) is 37.3 Å². The van der Waals surface area contributed by atoms with Gasteiger partial charge in [-0.1, -0.05) is 6.92 Å². The van der Waals surface area contributed by atoms with Gasteiger partial charge >= 0.3 is 0 Å². The molecule has 2 atom stereocenters. The van der Waals surface area contributed by atoms with Crippen LogP contribution in [0.5, 0.6) is 11.5 Å². The summed E-state index contributed by atoms with van der Waals surface area (Å²) in [6, 6.07) is 4.73. The van der Waals surface area contributed by atoms with Crippen molar-refractivity contribution in [1.82, 2.24) is 10.6 Å². The van der Waals surface area contributed by atoms with Crippen LogP contribution in [0, 0.1) is 5.92 Å². The Morgan fingerprint density at radius 1 is 1.53 bits per heavy atom. The molecule has 0 saturated carbocycles. The van der Waals surface area contributed by atoms with E-state index in [0.29, 0.717) is 11.7 Å². The van der Waals surface area contributed by atoms with Gasteiger partial charge in [-0.2, -0.15) is 0 Å². The van der Waals surface area contributed by atoms with Gasteiger partial charge in [0.05, 0.1) is 12.7 Å². The summed E-state index contributed by atoms with van der Waals surface area (Å²) in [5, 5.41) is 16.0. The molecule has 5 nitrogen and oxygen atoms in total. The summed E-state index contributed by atoms with van der Waals surface area (Å²) in [4.78, 5) is 12.2. The van der Waals surface area contributed by atoms with Gasteiger partial charge in [0.15, 0.2) is 0 Å². The first-order chi connectivity index (χ1) is 9.11. The molecule has 1 aliphatic rings.